The van der Waals surface area contributed by atoms with Crippen molar-refractivity contribution in [2.24, 2.45) is 0 Å². The fourth-order valence-corrected chi connectivity index (χ4v) is 4.33. The Balaban J connectivity index is 1.54. The number of fused-ring (bicyclic) bond motifs is 1. The van der Waals surface area contributed by atoms with Crippen LogP contribution >= 0.6 is 11.6 Å². The van der Waals surface area contributed by atoms with Crippen LogP contribution in [-0.4, -0.2) is 54.3 Å². The molecular weight excluding hydrogens is 504 g/mol. The highest BCUT2D eigenvalue weighted by molar-refractivity contribution is 6.32. The molecule has 2 heterocycles. The van der Waals surface area contributed by atoms with Gasteiger partial charge < -0.3 is 25.0 Å². The molecule has 0 atom stereocenters. The van der Waals surface area contributed by atoms with Gasteiger partial charge in [-0.1, -0.05) is 11.6 Å². The standard InChI is InChI=1S/C28H35ClN6O3/c1-17-12-20(35(6)27(36)38-28(2,3)4)8-9-22(17)31-25-21(29)15-30-26(33-25)32-23-13-19-16-34(5)11-10-18(19)14-24(23)37-7/h8-9,12-15H,10-11,16H2,1-7H3,(H2,30,31,32,33). The average molecular weight is 539 g/mol. The third-order valence-corrected chi connectivity index (χ3v) is 6.51. The molecule has 3 aromatic rings. The van der Waals surface area contributed by atoms with Gasteiger partial charge in [-0.05, 0) is 88.2 Å². The third kappa shape index (κ3) is 6.46. The zero-order chi connectivity index (χ0) is 27.6. The maximum Gasteiger partial charge on any atom is 0.414 e. The van der Waals surface area contributed by atoms with E-state index < -0.39 is 11.7 Å². The molecule has 10 heteroatoms. The van der Waals surface area contributed by atoms with Gasteiger partial charge in [0.2, 0.25) is 5.95 Å². The minimum absolute atomic E-state index is 0.379. The minimum Gasteiger partial charge on any atom is -0.495 e. The number of amides is 1. The maximum absolute atomic E-state index is 12.5. The summed E-state index contributed by atoms with van der Waals surface area (Å²) in [4.78, 5) is 25.2. The molecule has 0 unspecified atom stereocenters. The van der Waals surface area contributed by atoms with Crippen LogP contribution in [0.5, 0.6) is 5.75 Å². The van der Waals surface area contributed by atoms with Gasteiger partial charge in [-0.3, -0.25) is 4.90 Å². The van der Waals surface area contributed by atoms with E-state index in [4.69, 9.17) is 21.1 Å². The summed E-state index contributed by atoms with van der Waals surface area (Å²) in [6.07, 6.45) is 2.12. The normalized spacial score (nSPS) is 13.5. The number of methoxy groups -OCH3 is 1. The summed E-state index contributed by atoms with van der Waals surface area (Å²) in [6.45, 7) is 9.36. The number of carbonyl (C=O) groups excluding carboxylic acids is 1. The highest BCUT2D eigenvalue weighted by atomic mass is 35.5. The molecule has 38 heavy (non-hydrogen) atoms. The van der Waals surface area contributed by atoms with E-state index in [1.807, 2.05) is 45.9 Å². The molecule has 4 rings (SSSR count). The zero-order valence-corrected chi connectivity index (χ0v) is 23.7. The highest BCUT2D eigenvalue weighted by Crippen LogP contribution is 2.34. The number of rotatable bonds is 6. The number of aryl methyl sites for hydroxylation is 1. The average Bonchev–Trinajstić information content (AvgIpc) is 2.85. The van der Waals surface area contributed by atoms with E-state index in [2.05, 4.69) is 44.7 Å². The van der Waals surface area contributed by atoms with Gasteiger partial charge in [0, 0.05) is 31.5 Å². The number of aromatic nitrogens is 2. The van der Waals surface area contributed by atoms with Crippen LogP contribution in [-0.2, 0) is 17.7 Å². The van der Waals surface area contributed by atoms with Gasteiger partial charge >= 0.3 is 6.09 Å². The van der Waals surface area contributed by atoms with Gasteiger partial charge in [0.15, 0.2) is 5.82 Å². The Kier molecular flexibility index (Phi) is 7.99. The molecule has 9 nitrogen and oxygen atoms in total. The van der Waals surface area contributed by atoms with E-state index in [9.17, 15) is 4.79 Å². The lowest BCUT2D eigenvalue weighted by Crippen LogP contribution is -2.34. The SMILES string of the molecule is COc1cc2c(cc1Nc1ncc(Cl)c(Nc3ccc(N(C)C(=O)OC(C)(C)C)cc3C)n1)CN(C)CC2. The lowest BCUT2D eigenvalue weighted by Gasteiger charge is -2.26. The number of nitrogens with one attached hydrogen (secondary N) is 2. The predicted octanol–water partition coefficient (Wildman–Crippen LogP) is 6.29. The number of carbonyl (C=O) groups is 1. The lowest BCUT2D eigenvalue weighted by molar-refractivity contribution is 0.0589. The minimum atomic E-state index is -0.573. The van der Waals surface area contributed by atoms with E-state index in [1.165, 1.54) is 16.0 Å². The van der Waals surface area contributed by atoms with Crippen LogP contribution in [0.25, 0.3) is 0 Å². The molecular formula is C28H35ClN6O3. The maximum atomic E-state index is 12.5. The molecule has 202 valence electrons. The molecule has 1 aromatic heterocycles. The second-order valence-corrected chi connectivity index (χ2v) is 10.9. The van der Waals surface area contributed by atoms with E-state index in [-0.39, 0.29) is 0 Å². The van der Waals surface area contributed by atoms with Crippen LogP contribution in [0.3, 0.4) is 0 Å². The van der Waals surface area contributed by atoms with Crippen molar-refractivity contribution in [2.45, 2.75) is 46.3 Å². The molecule has 0 spiro atoms. The Bertz CT molecular complexity index is 1340. The number of hydrogen-bond donors (Lipinski definition) is 2. The van der Waals surface area contributed by atoms with E-state index in [0.717, 1.165) is 42.2 Å². The fraction of sp³-hybridized carbons (Fsp3) is 0.393. The Morgan fingerprint density at radius 3 is 2.58 bits per heavy atom. The molecule has 0 saturated carbocycles. The fourth-order valence-electron chi connectivity index (χ4n) is 4.19. The first-order chi connectivity index (χ1) is 17.9. The van der Waals surface area contributed by atoms with Crippen LogP contribution in [0.15, 0.2) is 36.5 Å². The van der Waals surface area contributed by atoms with E-state index >= 15 is 0 Å². The molecule has 1 aliphatic rings. The number of likely N-dealkylation sites (N-methyl/N-ethyl adjacent to an activating group) is 1. The predicted molar refractivity (Wildman–Crippen MR) is 152 cm³/mol. The number of ether oxygens (including phenoxy) is 2. The summed E-state index contributed by atoms with van der Waals surface area (Å²) in [5.41, 5.74) is 5.18. The van der Waals surface area contributed by atoms with Crippen molar-refractivity contribution in [1.29, 1.82) is 0 Å². The Hall–Kier alpha value is -3.56. The molecule has 0 radical (unpaired) electrons. The number of halogens is 1. The molecule has 2 aromatic carbocycles. The Labute approximate surface area is 229 Å². The largest absolute Gasteiger partial charge is 0.495 e. The lowest BCUT2D eigenvalue weighted by atomic mass is 9.99. The van der Waals surface area contributed by atoms with Crippen molar-refractivity contribution in [3.63, 3.8) is 0 Å². The van der Waals surface area contributed by atoms with Gasteiger partial charge in [-0.25, -0.2) is 9.78 Å². The summed E-state index contributed by atoms with van der Waals surface area (Å²) >= 11 is 6.44. The van der Waals surface area contributed by atoms with E-state index in [1.54, 1.807) is 20.4 Å². The Morgan fingerprint density at radius 2 is 1.89 bits per heavy atom. The summed E-state index contributed by atoms with van der Waals surface area (Å²) < 4.78 is 11.1. The molecule has 0 aliphatic carbocycles. The van der Waals surface area contributed by atoms with Crippen molar-refractivity contribution in [1.82, 2.24) is 14.9 Å². The second-order valence-electron chi connectivity index (χ2n) is 10.5. The summed E-state index contributed by atoms with van der Waals surface area (Å²) in [5, 5.41) is 6.96. The number of nitrogens with zero attached hydrogens (tertiary/aromatic N) is 4. The van der Waals surface area contributed by atoms with Crippen LogP contribution in [0.2, 0.25) is 5.02 Å². The molecule has 2 N–H and O–H groups in total. The van der Waals surface area contributed by atoms with Gasteiger partial charge in [-0.2, -0.15) is 4.98 Å². The molecule has 1 amide bonds. The van der Waals surface area contributed by atoms with Crippen molar-refractivity contribution in [3.05, 3.63) is 58.2 Å². The van der Waals surface area contributed by atoms with Crippen molar-refractivity contribution < 1.29 is 14.3 Å². The zero-order valence-electron chi connectivity index (χ0n) is 23.0. The first-order valence-corrected chi connectivity index (χ1v) is 12.8. The van der Waals surface area contributed by atoms with Crippen LogP contribution in [0.1, 0.15) is 37.5 Å². The number of anilines is 5. The van der Waals surface area contributed by atoms with Crippen molar-refractivity contribution in [3.8, 4) is 5.75 Å². The first-order valence-electron chi connectivity index (χ1n) is 12.5. The number of hydrogen-bond acceptors (Lipinski definition) is 8. The number of benzene rings is 2. The summed E-state index contributed by atoms with van der Waals surface area (Å²) in [6, 6.07) is 9.79. The van der Waals surface area contributed by atoms with E-state index in [0.29, 0.717) is 22.5 Å². The highest BCUT2D eigenvalue weighted by Gasteiger charge is 2.21. The quantitative estimate of drug-likeness (QED) is 0.378. The molecule has 0 bridgehead atoms. The van der Waals surface area contributed by atoms with Crippen LogP contribution in [0.4, 0.5) is 33.6 Å². The smallest absolute Gasteiger partial charge is 0.414 e. The topological polar surface area (TPSA) is 91.9 Å². The van der Waals surface area contributed by atoms with Crippen molar-refractivity contribution >= 4 is 46.5 Å². The second kappa shape index (κ2) is 11.0. The van der Waals surface area contributed by atoms with Crippen LogP contribution in [0, 0.1) is 6.92 Å². The van der Waals surface area contributed by atoms with Crippen molar-refractivity contribution in [2.75, 3.05) is 43.3 Å². The Morgan fingerprint density at radius 1 is 1.13 bits per heavy atom. The summed E-state index contributed by atoms with van der Waals surface area (Å²) in [5.74, 6) is 1.58. The monoisotopic (exact) mass is 538 g/mol. The third-order valence-electron chi connectivity index (χ3n) is 6.23. The molecule has 1 aliphatic heterocycles. The van der Waals surface area contributed by atoms with Gasteiger partial charge in [0.05, 0.1) is 19.0 Å². The van der Waals surface area contributed by atoms with Gasteiger partial charge in [0.1, 0.15) is 16.4 Å². The first kappa shape index (κ1) is 27.5. The van der Waals surface area contributed by atoms with Gasteiger partial charge in [-0.15, -0.1) is 0 Å². The summed E-state index contributed by atoms with van der Waals surface area (Å²) in [7, 11) is 5.46. The molecule has 0 fully saturated rings. The molecule has 0 saturated heterocycles. The van der Waals surface area contributed by atoms with Gasteiger partial charge in [0.25, 0.3) is 0 Å². The van der Waals surface area contributed by atoms with Crippen LogP contribution < -0.4 is 20.3 Å².